The SMILES string of the molecule is Nc1ncnc2c1c(-c1ccc(Oc3ccccc3)cc1)nn2C1CCN(C2CN(CC3CCNC3)C2)CC1.O=C(O)C(F)(F)F. The fourth-order valence-electron chi connectivity index (χ4n) is 6.41. The number of nitrogens with zero attached hydrogens (tertiary/aromatic N) is 6. The van der Waals surface area contributed by atoms with Crippen molar-refractivity contribution in [3.05, 3.63) is 60.9 Å². The Bertz CT molecular complexity index is 1610. The highest BCUT2D eigenvalue weighted by Crippen LogP contribution is 2.36. The van der Waals surface area contributed by atoms with Gasteiger partial charge in [-0.25, -0.2) is 19.4 Å². The molecule has 2 aromatic heterocycles. The number of likely N-dealkylation sites (tertiary alicyclic amines) is 2. The van der Waals surface area contributed by atoms with Gasteiger partial charge < -0.3 is 20.9 Å². The molecule has 5 heterocycles. The van der Waals surface area contributed by atoms with Gasteiger partial charge in [0, 0.05) is 44.3 Å². The van der Waals surface area contributed by atoms with Crippen molar-refractivity contribution in [2.24, 2.45) is 5.92 Å². The standard InChI is InChI=1S/C30H36N8O.C2HF3O2/c31-29-27-28(22-6-8-26(9-7-22)39-25-4-2-1-3-5-25)35-38(30(27)34-20-33-29)23-11-14-37(15-12-23)24-18-36(19-24)17-21-10-13-32-16-21;3-2(4,5)1(6)7/h1-9,20-21,23-24,32H,10-19H2,(H2,31,33,34);(H,6,7). The van der Waals surface area contributed by atoms with Gasteiger partial charge in [0.15, 0.2) is 5.65 Å². The minimum atomic E-state index is -5.08. The van der Waals surface area contributed by atoms with Gasteiger partial charge in [0.2, 0.25) is 0 Å². The van der Waals surface area contributed by atoms with Gasteiger partial charge in [0.25, 0.3) is 0 Å². The molecule has 3 aliphatic rings. The van der Waals surface area contributed by atoms with Gasteiger partial charge in [-0.1, -0.05) is 18.2 Å². The zero-order chi connectivity index (χ0) is 32.3. The lowest BCUT2D eigenvalue weighted by atomic mass is 9.98. The minimum Gasteiger partial charge on any atom is -0.475 e. The maximum Gasteiger partial charge on any atom is 0.490 e. The summed E-state index contributed by atoms with van der Waals surface area (Å²) in [5, 5.41) is 16.5. The first-order valence-electron chi connectivity index (χ1n) is 15.4. The van der Waals surface area contributed by atoms with Crippen molar-refractivity contribution in [2.45, 2.75) is 37.5 Å². The Kier molecular flexibility index (Phi) is 9.38. The van der Waals surface area contributed by atoms with Gasteiger partial charge in [0.1, 0.15) is 29.3 Å². The molecule has 244 valence electrons. The molecule has 0 radical (unpaired) electrons. The summed E-state index contributed by atoms with van der Waals surface area (Å²) < 4.78 is 39.8. The van der Waals surface area contributed by atoms with E-state index >= 15 is 0 Å². The molecule has 0 spiro atoms. The van der Waals surface area contributed by atoms with Crippen LogP contribution < -0.4 is 15.8 Å². The predicted molar refractivity (Wildman–Crippen MR) is 166 cm³/mol. The molecule has 4 aromatic rings. The van der Waals surface area contributed by atoms with E-state index in [1.54, 1.807) is 6.33 Å². The molecule has 3 aliphatic heterocycles. The smallest absolute Gasteiger partial charge is 0.475 e. The molecule has 0 saturated carbocycles. The Balaban J connectivity index is 0.000000480. The lowest BCUT2D eigenvalue weighted by molar-refractivity contribution is -0.192. The number of piperidine rings is 1. The predicted octanol–water partition coefficient (Wildman–Crippen LogP) is 4.43. The summed E-state index contributed by atoms with van der Waals surface area (Å²) in [5.41, 5.74) is 9.01. The van der Waals surface area contributed by atoms with Crippen molar-refractivity contribution >= 4 is 22.8 Å². The van der Waals surface area contributed by atoms with Crippen LogP contribution in [0.4, 0.5) is 19.0 Å². The van der Waals surface area contributed by atoms with Crippen LogP contribution in [-0.4, -0.2) is 98.7 Å². The number of halogens is 3. The average Bonchev–Trinajstić information content (AvgIpc) is 3.69. The van der Waals surface area contributed by atoms with Gasteiger partial charge in [-0.15, -0.1) is 0 Å². The normalized spacial score (nSPS) is 19.8. The Morgan fingerprint density at radius 2 is 1.65 bits per heavy atom. The van der Waals surface area contributed by atoms with Crippen LogP contribution in [0.3, 0.4) is 0 Å². The number of carbonyl (C=O) groups is 1. The largest absolute Gasteiger partial charge is 0.490 e. The van der Waals surface area contributed by atoms with E-state index in [-0.39, 0.29) is 0 Å². The Morgan fingerprint density at radius 1 is 0.978 bits per heavy atom. The fourth-order valence-corrected chi connectivity index (χ4v) is 6.41. The van der Waals surface area contributed by atoms with E-state index in [1.807, 2.05) is 54.6 Å². The quantitative estimate of drug-likeness (QED) is 0.267. The lowest BCUT2D eigenvalue weighted by Crippen LogP contribution is -2.61. The average molecular weight is 639 g/mol. The van der Waals surface area contributed by atoms with Crippen molar-refractivity contribution in [3.8, 4) is 22.8 Å². The molecule has 1 unspecified atom stereocenters. The number of aliphatic carboxylic acids is 1. The van der Waals surface area contributed by atoms with Gasteiger partial charge in [-0.3, -0.25) is 9.80 Å². The maximum absolute atomic E-state index is 10.6. The van der Waals surface area contributed by atoms with Crippen molar-refractivity contribution < 1.29 is 27.8 Å². The van der Waals surface area contributed by atoms with Crippen LogP contribution in [-0.2, 0) is 4.79 Å². The summed E-state index contributed by atoms with van der Waals surface area (Å²) in [7, 11) is 0. The number of carboxylic acids is 1. The van der Waals surface area contributed by atoms with E-state index in [9.17, 15) is 13.2 Å². The number of carboxylic acid groups (broad SMARTS) is 1. The summed E-state index contributed by atoms with van der Waals surface area (Å²) >= 11 is 0. The lowest BCUT2D eigenvalue weighted by Gasteiger charge is -2.48. The van der Waals surface area contributed by atoms with Crippen LogP contribution in [0.2, 0.25) is 0 Å². The molecule has 46 heavy (non-hydrogen) atoms. The summed E-state index contributed by atoms with van der Waals surface area (Å²) in [6.45, 7) is 8.24. The molecule has 3 fully saturated rings. The summed E-state index contributed by atoms with van der Waals surface area (Å²) in [6.07, 6.45) is -0.0829. The van der Waals surface area contributed by atoms with Crippen molar-refractivity contribution in [2.75, 3.05) is 51.5 Å². The number of anilines is 1. The van der Waals surface area contributed by atoms with E-state index in [0.717, 1.165) is 65.6 Å². The number of fused-ring (bicyclic) bond motifs is 1. The summed E-state index contributed by atoms with van der Waals surface area (Å²) in [4.78, 5) is 23.1. The molecule has 3 saturated heterocycles. The molecule has 2 aromatic carbocycles. The monoisotopic (exact) mass is 638 g/mol. The Labute approximate surface area is 264 Å². The fraction of sp³-hybridized carbons (Fsp3) is 0.438. The van der Waals surface area contributed by atoms with Crippen LogP contribution in [0.15, 0.2) is 60.9 Å². The minimum absolute atomic E-state index is 0.299. The second kappa shape index (κ2) is 13.6. The number of rotatable bonds is 7. The van der Waals surface area contributed by atoms with Gasteiger partial charge in [-0.2, -0.15) is 18.3 Å². The molecule has 0 aliphatic carbocycles. The Morgan fingerprint density at radius 3 is 2.28 bits per heavy atom. The number of nitrogen functional groups attached to an aromatic ring is 1. The third-order valence-electron chi connectivity index (χ3n) is 8.85. The summed E-state index contributed by atoms with van der Waals surface area (Å²) in [6, 6.07) is 18.8. The van der Waals surface area contributed by atoms with E-state index in [2.05, 4.69) is 29.8 Å². The first-order chi connectivity index (χ1) is 22.2. The van der Waals surface area contributed by atoms with Crippen molar-refractivity contribution in [1.82, 2.24) is 34.9 Å². The number of nitrogens with one attached hydrogen (secondary N) is 1. The molecule has 1 atom stereocenters. The van der Waals surface area contributed by atoms with Crippen molar-refractivity contribution in [1.29, 1.82) is 0 Å². The van der Waals surface area contributed by atoms with Crippen LogP contribution in [0.5, 0.6) is 11.5 Å². The second-order valence-corrected chi connectivity index (χ2v) is 12.0. The van der Waals surface area contributed by atoms with E-state index in [4.69, 9.17) is 25.5 Å². The Hall–Kier alpha value is -4.27. The number of ether oxygens (including phenoxy) is 1. The van der Waals surface area contributed by atoms with Gasteiger partial charge in [-0.05, 0) is 74.7 Å². The van der Waals surface area contributed by atoms with E-state index < -0.39 is 12.1 Å². The highest BCUT2D eigenvalue weighted by molar-refractivity contribution is 5.98. The number of hydrogen-bond donors (Lipinski definition) is 3. The first-order valence-corrected chi connectivity index (χ1v) is 15.4. The first kappa shape index (κ1) is 31.7. The van der Waals surface area contributed by atoms with Gasteiger partial charge >= 0.3 is 12.1 Å². The van der Waals surface area contributed by atoms with Crippen LogP contribution in [0, 0.1) is 5.92 Å². The molecule has 7 rings (SSSR count). The molecular weight excluding hydrogens is 601 g/mol. The number of para-hydroxylation sites is 1. The van der Waals surface area contributed by atoms with Gasteiger partial charge in [0.05, 0.1) is 11.4 Å². The van der Waals surface area contributed by atoms with Crippen LogP contribution in [0.25, 0.3) is 22.3 Å². The highest BCUT2D eigenvalue weighted by Gasteiger charge is 2.38. The molecule has 4 N–H and O–H groups in total. The third-order valence-corrected chi connectivity index (χ3v) is 8.85. The second-order valence-electron chi connectivity index (χ2n) is 12.0. The molecular formula is C32H37F3N8O3. The van der Waals surface area contributed by atoms with E-state index in [0.29, 0.717) is 17.9 Å². The number of benzene rings is 2. The molecule has 14 heteroatoms. The number of nitrogens with two attached hydrogens (primary N) is 1. The number of hydrogen-bond acceptors (Lipinski definition) is 9. The topological polar surface area (TPSA) is 135 Å². The zero-order valence-electron chi connectivity index (χ0n) is 25.2. The summed E-state index contributed by atoms with van der Waals surface area (Å²) in [5.74, 6) is 0.133. The zero-order valence-corrected chi connectivity index (χ0v) is 25.2. The third kappa shape index (κ3) is 7.24. The van der Waals surface area contributed by atoms with E-state index in [1.165, 1.54) is 39.1 Å². The maximum atomic E-state index is 10.6. The number of alkyl halides is 3. The molecule has 0 bridgehead atoms. The molecule has 11 nitrogen and oxygen atoms in total. The van der Waals surface area contributed by atoms with Crippen LogP contribution in [0.1, 0.15) is 25.3 Å². The van der Waals surface area contributed by atoms with Crippen LogP contribution >= 0.6 is 0 Å². The number of aromatic nitrogens is 4. The van der Waals surface area contributed by atoms with Crippen molar-refractivity contribution in [3.63, 3.8) is 0 Å². The highest BCUT2D eigenvalue weighted by atomic mass is 19.4. The molecule has 0 amide bonds.